The smallest absolute Gasteiger partial charge is 0.386 e. The average molecular weight is 370 g/mol. The van der Waals surface area contributed by atoms with Gasteiger partial charge in [-0.25, -0.2) is 0 Å². The summed E-state index contributed by atoms with van der Waals surface area (Å²) in [5.74, 6) is 0.352. The highest BCUT2D eigenvalue weighted by Crippen LogP contribution is 2.52. The van der Waals surface area contributed by atoms with E-state index in [0.717, 1.165) is 12.8 Å². The molecule has 3 unspecified atom stereocenters. The van der Waals surface area contributed by atoms with Crippen molar-refractivity contribution in [3.63, 3.8) is 0 Å². The summed E-state index contributed by atoms with van der Waals surface area (Å²) in [6, 6.07) is 17.1. The molecule has 1 saturated carbocycles. The number of allylic oxidation sites excluding steroid dienone is 2. The van der Waals surface area contributed by atoms with Crippen LogP contribution in [0, 0.1) is 17.8 Å². The zero-order valence-corrected chi connectivity index (χ0v) is 15.0. The molecule has 1 fully saturated rings. The maximum absolute atomic E-state index is 13.2. The Morgan fingerprint density at radius 2 is 1.42 bits per heavy atom. The molecule has 0 aromatic heterocycles. The van der Waals surface area contributed by atoms with E-state index >= 15 is 0 Å². The van der Waals surface area contributed by atoms with Gasteiger partial charge in [0.2, 0.25) is 0 Å². The maximum atomic E-state index is 13.2. The largest absolute Gasteiger partial charge is 0.649 e. The molecule has 26 heavy (non-hydrogen) atoms. The Hall–Kier alpha value is -2.52. The van der Waals surface area contributed by atoms with Gasteiger partial charge in [-0.3, -0.25) is 4.79 Å². The van der Waals surface area contributed by atoms with Gasteiger partial charge in [-0.05, 0) is 48.9 Å². The Bertz CT molecular complexity index is 804. The van der Waals surface area contributed by atoms with Gasteiger partial charge in [-0.1, -0.05) is 48.6 Å². The normalized spacial score (nSPS) is 23.6. The summed E-state index contributed by atoms with van der Waals surface area (Å²) in [6.07, 6.45) is 5.84. The molecule has 2 aliphatic carbocycles. The van der Waals surface area contributed by atoms with Gasteiger partial charge in [0.1, 0.15) is 11.5 Å². The van der Waals surface area contributed by atoms with Crippen molar-refractivity contribution >= 4 is 13.8 Å². The zero-order chi connectivity index (χ0) is 18.0. The van der Waals surface area contributed by atoms with Crippen LogP contribution in [-0.2, 0) is 13.9 Å². The molecule has 2 aromatic rings. The number of benzene rings is 2. The Morgan fingerprint density at radius 3 is 1.88 bits per heavy atom. The van der Waals surface area contributed by atoms with E-state index < -0.39 is 13.8 Å². The van der Waals surface area contributed by atoms with Crippen LogP contribution in [0.3, 0.4) is 0 Å². The van der Waals surface area contributed by atoms with Gasteiger partial charge in [0.05, 0.1) is 5.92 Å². The second kappa shape index (κ2) is 7.00. The minimum Gasteiger partial charge on any atom is -0.386 e. The van der Waals surface area contributed by atoms with Crippen molar-refractivity contribution < 1.29 is 22.9 Å². The van der Waals surface area contributed by atoms with Gasteiger partial charge in [-0.15, -0.1) is 0 Å². The summed E-state index contributed by atoms with van der Waals surface area (Å²) in [6.45, 7) is 0. The van der Waals surface area contributed by atoms with Crippen LogP contribution in [0.2, 0.25) is 0 Å². The molecule has 2 aromatic carbocycles. The van der Waals surface area contributed by atoms with E-state index in [1.54, 1.807) is 48.5 Å². The molecule has 5 nitrogen and oxygen atoms in total. The Balaban J connectivity index is 1.54. The first-order valence-corrected chi connectivity index (χ1v) is 10.1. The van der Waals surface area contributed by atoms with Crippen LogP contribution >= 0.6 is 7.82 Å². The third kappa shape index (κ3) is 3.68. The summed E-state index contributed by atoms with van der Waals surface area (Å²) in [4.78, 5) is 12.6. The van der Waals surface area contributed by atoms with Crippen molar-refractivity contribution in [3.8, 4) is 11.5 Å². The molecule has 0 spiro atoms. The van der Waals surface area contributed by atoms with Gasteiger partial charge >= 0.3 is 13.8 Å². The minimum absolute atomic E-state index is 0.148. The average Bonchev–Trinajstić information content (AvgIpc) is 3.26. The predicted molar refractivity (Wildman–Crippen MR) is 96.7 cm³/mol. The lowest BCUT2D eigenvalue weighted by Crippen LogP contribution is -2.22. The van der Waals surface area contributed by atoms with E-state index in [1.807, 2.05) is 18.2 Å². The first kappa shape index (κ1) is 16.9. The molecular formula is C20H19O5P. The van der Waals surface area contributed by atoms with Gasteiger partial charge in [0.15, 0.2) is 0 Å². The lowest BCUT2D eigenvalue weighted by Gasteiger charge is -2.22. The third-order valence-electron chi connectivity index (χ3n) is 4.70. The van der Waals surface area contributed by atoms with Crippen molar-refractivity contribution in [2.24, 2.45) is 17.8 Å². The van der Waals surface area contributed by atoms with Crippen molar-refractivity contribution in [2.75, 3.05) is 0 Å². The lowest BCUT2D eigenvalue weighted by molar-refractivity contribution is -0.140. The number of hydrogen-bond donors (Lipinski definition) is 0. The molecule has 0 saturated heterocycles. The maximum Gasteiger partial charge on any atom is 0.649 e. The van der Waals surface area contributed by atoms with Gasteiger partial charge in [0, 0.05) is 0 Å². The molecule has 4 rings (SSSR count). The predicted octanol–water partition coefficient (Wildman–Crippen LogP) is 5.01. The first-order valence-electron chi connectivity index (χ1n) is 8.62. The zero-order valence-electron chi connectivity index (χ0n) is 14.1. The van der Waals surface area contributed by atoms with Crippen LogP contribution in [0.25, 0.3) is 0 Å². The van der Waals surface area contributed by atoms with E-state index in [0.29, 0.717) is 17.4 Å². The quantitative estimate of drug-likeness (QED) is 0.528. The molecule has 0 radical (unpaired) electrons. The van der Waals surface area contributed by atoms with Crippen LogP contribution in [-0.4, -0.2) is 5.97 Å². The highest BCUT2D eigenvalue weighted by Gasteiger charge is 2.45. The van der Waals surface area contributed by atoms with Gasteiger partial charge in [0.25, 0.3) is 0 Å². The van der Waals surface area contributed by atoms with E-state index in [1.165, 1.54) is 0 Å². The van der Waals surface area contributed by atoms with E-state index in [2.05, 4.69) is 6.08 Å². The van der Waals surface area contributed by atoms with Crippen molar-refractivity contribution in [1.82, 2.24) is 0 Å². The number of carbonyl (C=O) groups excluding carboxylic acids is 1. The third-order valence-corrected chi connectivity index (χ3v) is 5.98. The lowest BCUT2D eigenvalue weighted by atomic mass is 9.94. The standard InChI is InChI=1S/C20H19O5P/c21-20(19-14-15-11-12-16(19)13-15)25-26(22,23-17-7-3-1-4-8-17)24-18-9-5-2-6-10-18/h1-12,15-16,19H,13-14H2. The van der Waals surface area contributed by atoms with E-state index in [-0.39, 0.29) is 11.8 Å². The molecule has 6 heteroatoms. The number of hydrogen-bond acceptors (Lipinski definition) is 5. The molecule has 2 bridgehead atoms. The molecule has 3 atom stereocenters. The summed E-state index contributed by atoms with van der Waals surface area (Å²) >= 11 is 0. The second-order valence-corrected chi connectivity index (χ2v) is 8.00. The number of carbonyl (C=O) groups is 1. The Morgan fingerprint density at radius 1 is 0.846 bits per heavy atom. The fraction of sp³-hybridized carbons (Fsp3) is 0.250. The number of phosphoric ester groups is 1. The molecule has 0 aliphatic heterocycles. The van der Waals surface area contributed by atoms with Gasteiger partial charge < -0.3 is 13.6 Å². The SMILES string of the molecule is O=C(OP(=O)(Oc1ccccc1)Oc1ccccc1)C1CC2C=CC1C2. The number of para-hydroxylation sites is 2. The second-order valence-electron chi connectivity index (χ2n) is 6.55. The van der Waals surface area contributed by atoms with Crippen molar-refractivity contribution in [1.29, 1.82) is 0 Å². The Kier molecular flexibility index (Phi) is 4.56. The van der Waals surface area contributed by atoms with E-state index in [4.69, 9.17) is 13.6 Å². The van der Waals surface area contributed by atoms with Crippen LogP contribution < -0.4 is 9.05 Å². The highest BCUT2D eigenvalue weighted by molar-refractivity contribution is 7.50. The summed E-state index contributed by atoms with van der Waals surface area (Å²) in [5.41, 5.74) is 0. The first-order chi connectivity index (χ1) is 12.6. The number of rotatable bonds is 6. The van der Waals surface area contributed by atoms with Gasteiger partial charge in [-0.2, -0.15) is 4.57 Å². The number of phosphoric acid groups is 1. The summed E-state index contributed by atoms with van der Waals surface area (Å²) in [5, 5.41) is 0. The molecule has 2 aliphatic rings. The Labute approximate surface area is 152 Å². The molecular weight excluding hydrogens is 351 g/mol. The molecule has 0 N–H and O–H groups in total. The summed E-state index contributed by atoms with van der Waals surface area (Å²) in [7, 11) is -4.17. The van der Waals surface area contributed by atoms with Crippen LogP contribution in [0.5, 0.6) is 11.5 Å². The van der Waals surface area contributed by atoms with Crippen LogP contribution in [0.1, 0.15) is 12.8 Å². The fourth-order valence-electron chi connectivity index (χ4n) is 3.51. The fourth-order valence-corrected chi connectivity index (χ4v) is 4.73. The molecule has 0 amide bonds. The number of fused-ring (bicyclic) bond motifs is 2. The highest BCUT2D eigenvalue weighted by atomic mass is 31.2. The molecule has 134 valence electrons. The van der Waals surface area contributed by atoms with Crippen LogP contribution in [0.15, 0.2) is 72.8 Å². The van der Waals surface area contributed by atoms with Crippen molar-refractivity contribution in [2.45, 2.75) is 12.8 Å². The monoisotopic (exact) mass is 370 g/mol. The van der Waals surface area contributed by atoms with Crippen molar-refractivity contribution in [3.05, 3.63) is 72.8 Å². The minimum atomic E-state index is -4.17. The summed E-state index contributed by atoms with van der Waals surface area (Å²) < 4.78 is 29.5. The molecule has 0 heterocycles. The van der Waals surface area contributed by atoms with E-state index in [9.17, 15) is 9.36 Å². The van der Waals surface area contributed by atoms with Crippen LogP contribution in [0.4, 0.5) is 0 Å². The topological polar surface area (TPSA) is 61.8 Å².